The smallest absolute Gasteiger partial charge is 0.269 e. The molecule has 0 saturated heterocycles. The normalized spacial score (nSPS) is 9.89. The van der Waals surface area contributed by atoms with Gasteiger partial charge in [0.1, 0.15) is 17.2 Å². The molecular weight excluding hydrogens is 228 g/mol. The summed E-state index contributed by atoms with van der Waals surface area (Å²) in [6.07, 6.45) is 1.53. The summed E-state index contributed by atoms with van der Waals surface area (Å²) >= 11 is 0. The number of nitrogens with zero attached hydrogens (tertiary/aromatic N) is 1. The number of carbonyl (C=O) groups excluding carboxylic acids is 1. The zero-order valence-corrected chi connectivity index (χ0v) is 10.3. The Hall–Kier alpha value is -2.36. The average Bonchev–Trinajstić information content (AvgIpc) is 2.39. The van der Waals surface area contributed by atoms with Crippen LogP contribution in [0.25, 0.3) is 0 Å². The summed E-state index contributed by atoms with van der Waals surface area (Å²) in [6.45, 7) is 2.00. The fourth-order valence-electron chi connectivity index (χ4n) is 1.52. The lowest BCUT2D eigenvalue weighted by molar-refractivity contribution is 0.0958. The summed E-state index contributed by atoms with van der Waals surface area (Å²) in [7, 11) is 1.57. The minimum absolute atomic E-state index is 0.211. The number of aryl methyl sites for hydroxylation is 1. The van der Waals surface area contributed by atoms with Crippen LogP contribution in [0.1, 0.15) is 16.1 Å². The number of pyridine rings is 1. The minimum Gasteiger partial charge on any atom is -0.456 e. The SMILES string of the molecule is CNC(=O)c1ccc(Oc2cccc(C)c2)cn1. The standard InChI is InChI=1S/C14H14N2O2/c1-10-4-3-5-11(8-10)18-12-6-7-13(16-9-12)14(17)15-2/h3-9H,1-2H3,(H,15,17). The van der Waals surface area contributed by atoms with Crippen LogP contribution in [0.15, 0.2) is 42.6 Å². The van der Waals surface area contributed by atoms with E-state index in [0.717, 1.165) is 11.3 Å². The maximum absolute atomic E-state index is 11.3. The molecule has 2 aromatic rings. The van der Waals surface area contributed by atoms with Crippen molar-refractivity contribution in [2.45, 2.75) is 6.92 Å². The van der Waals surface area contributed by atoms with E-state index in [1.165, 1.54) is 6.20 Å². The Morgan fingerprint density at radius 3 is 2.67 bits per heavy atom. The van der Waals surface area contributed by atoms with Crippen molar-refractivity contribution >= 4 is 5.91 Å². The highest BCUT2D eigenvalue weighted by Gasteiger charge is 2.04. The zero-order chi connectivity index (χ0) is 13.0. The highest BCUT2D eigenvalue weighted by atomic mass is 16.5. The zero-order valence-electron chi connectivity index (χ0n) is 10.3. The molecule has 1 amide bonds. The van der Waals surface area contributed by atoms with Gasteiger partial charge < -0.3 is 10.1 Å². The second-order valence-electron chi connectivity index (χ2n) is 3.88. The van der Waals surface area contributed by atoms with Gasteiger partial charge in [0, 0.05) is 7.05 Å². The Labute approximate surface area is 106 Å². The average molecular weight is 242 g/mol. The topological polar surface area (TPSA) is 51.2 Å². The lowest BCUT2D eigenvalue weighted by Gasteiger charge is -2.06. The first-order valence-electron chi connectivity index (χ1n) is 5.61. The van der Waals surface area contributed by atoms with Crippen molar-refractivity contribution in [2.75, 3.05) is 7.05 Å². The van der Waals surface area contributed by atoms with E-state index in [-0.39, 0.29) is 5.91 Å². The van der Waals surface area contributed by atoms with E-state index in [1.54, 1.807) is 19.2 Å². The molecule has 0 fully saturated rings. The van der Waals surface area contributed by atoms with E-state index in [0.29, 0.717) is 11.4 Å². The van der Waals surface area contributed by atoms with E-state index in [2.05, 4.69) is 10.3 Å². The Morgan fingerprint density at radius 2 is 2.06 bits per heavy atom. The van der Waals surface area contributed by atoms with Crippen LogP contribution in [0, 0.1) is 6.92 Å². The first kappa shape index (κ1) is 12.1. The van der Waals surface area contributed by atoms with Gasteiger partial charge in [0.05, 0.1) is 6.20 Å². The van der Waals surface area contributed by atoms with Crippen LogP contribution >= 0.6 is 0 Å². The molecule has 4 heteroatoms. The molecule has 4 nitrogen and oxygen atoms in total. The van der Waals surface area contributed by atoms with Crippen molar-refractivity contribution in [3.63, 3.8) is 0 Å². The number of carbonyl (C=O) groups is 1. The first-order chi connectivity index (χ1) is 8.69. The summed E-state index contributed by atoms with van der Waals surface area (Å²) in [6, 6.07) is 11.1. The van der Waals surface area contributed by atoms with Gasteiger partial charge in [-0.3, -0.25) is 4.79 Å². The summed E-state index contributed by atoms with van der Waals surface area (Å²) in [5.41, 5.74) is 1.50. The molecule has 0 bridgehead atoms. The highest BCUT2D eigenvalue weighted by Crippen LogP contribution is 2.21. The summed E-state index contributed by atoms with van der Waals surface area (Å²) < 4.78 is 5.63. The molecule has 0 spiro atoms. The number of hydrogen-bond donors (Lipinski definition) is 1. The van der Waals surface area contributed by atoms with Crippen LogP contribution < -0.4 is 10.1 Å². The molecular formula is C14H14N2O2. The number of rotatable bonds is 3. The minimum atomic E-state index is -0.211. The highest BCUT2D eigenvalue weighted by molar-refractivity contribution is 5.91. The quantitative estimate of drug-likeness (QED) is 0.899. The van der Waals surface area contributed by atoms with Gasteiger partial charge in [-0.05, 0) is 36.8 Å². The van der Waals surface area contributed by atoms with Gasteiger partial charge in [-0.1, -0.05) is 12.1 Å². The number of nitrogens with one attached hydrogen (secondary N) is 1. The lowest BCUT2D eigenvalue weighted by Crippen LogP contribution is -2.18. The van der Waals surface area contributed by atoms with Crippen molar-refractivity contribution < 1.29 is 9.53 Å². The molecule has 18 heavy (non-hydrogen) atoms. The Kier molecular flexibility index (Phi) is 3.57. The largest absolute Gasteiger partial charge is 0.456 e. The summed E-state index contributed by atoms with van der Waals surface area (Å²) in [5.74, 6) is 1.15. The van der Waals surface area contributed by atoms with Crippen LogP contribution in [-0.2, 0) is 0 Å². The van der Waals surface area contributed by atoms with Crippen molar-refractivity contribution in [1.82, 2.24) is 10.3 Å². The third kappa shape index (κ3) is 2.85. The number of benzene rings is 1. The maximum atomic E-state index is 11.3. The van der Waals surface area contributed by atoms with Crippen molar-refractivity contribution in [3.05, 3.63) is 53.9 Å². The number of aromatic nitrogens is 1. The molecule has 1 heterocycles. The van der Waals surface area contributed by atoms with Gasteiger partial charge in [0.2, 0.25) is 0 Å². The van der Waals surface area contributed by atoms with E-state index < -0.39 is 0 Å². The molecule has 92 valence electrons. The van der Waals surface area contributed by atoms with Gasteiger partial charge in [-0.15, -0.1) is 0 Å². The van der Waals surface area contributed by atoms with Crippen LogP contribution in [-0.4, -0.2) is 17.9 Å². The molecule has 1 aromatic carbocycles. The van der Waals surface area contributed by atoms with Gasteiger partial charge in [-0.2, -0.15) is 0 Å². The van der Waals surface area contributed by atoms with E-state index in [4.69, 9.17) is 4.74 Å². The van der Waals surface area contributed by atoms with E-state index >= 15 is 0 Å². The molecule has 0 atom stereocenters. The Bertz CT molecular complexity index is 550. The van der Waals surface area contributed by atoms with Gasteiger partial charge in [0.15, 0.2) is 0 Å². The lowest BCUT2D eigenvalue weighted by atomic mass is 10.2. The monoisotopic (exact) mass is 242 g/mol. The molecule has 0 aliphatic heterocycles. The Balaban J connectivity index is 2.13. The van der Waals surface area contributed by atoms with Crippen molar-refractivity contribution in [3.8, 4) is 11.5 Å². The third-order valence-electron chi connectivity index (χ3n) is 2.42. The number of hydrogen-bond acceptors (Lipinski definition) is 3. The second kappa shape index (κ2) is 5.31. The number of ether oxygens (including phenoxy) is 1. The molecule has 1 N–H and O–H groups in total. The molecule has 0 radical (unpaired) electrons. The van der Waals surface area contributed by atoms with E-state index in [9.17, 15) is 4.79 Å². The predicted octanol–water partition coefficient (Wildman–Crippen LogP) is 2.54. The maximum Gasteiger partial charge on any atom is 0.269 e. The van der Waals surface area contributed by atoms with Crippen molar-refractivity contribution in [2.24, 2.45) is 0 Å². The second-order valence-corrected chi connectivity index (χ2v) is 3.88. The molecule has 1 aromatic heterocycles. The Morgan fingerprint density at radius 1 is 1.22 bits per heavy atom. The van der Waals surface area contributed by atoms with Gasteiger partial charge >= 0.3 is 0 Å². The summed E-state index contributed by atoms with van der Waals surface area (Å²) in [5, 5.41) is 2.52. The molecule has 0 saturated carbocycles. The predicted molar refractivity (Wildman–Crippen MR) is 68.9 cm³/mol. The van der Waals surface area contributed by atoms with E-state index in [1.807, 2.05) is 31.2 Å². The van der Waals surface area contributed by atoms with Crippen molar-refractivity contribution in [1.29, 1.82) is 0 Å². The van der Waals surface area contributed by atoms with Gasteiger partial charge in [0.25, 0.3) is 5.91 Å². The molecule has 0 aliphatic carbocycles. The first-order valence-corrected chi connectivity index (χ1v) is 5.61. The summed E-state index contributed by atoms with van der Waals surface area (Å²) in [4.78, 5) is 15.3. The molecule has 0 unspecified atom stereocenters. The van der Waals surface area contributed by atoms with Crippen LogP contribution in [0.4, 0.5) is 0 Å². The molecule has 0 aliphatic rings. The van der Waals surface area contributed by atoms with Gasteiger partial charge in [-0.25, -0.2) is 4.98 Å². The fraction of sp³-hybridized carbons (Fsp3) is 0.143. The van der Waals surface area contributed by atoms with Crippen LogP contribution in [0.5, 0.6) is 11.5 Å². The van der Waals surface area contributed by atoms with Crippen LogP contribution in [0.2, 0.25) is 0 Å². The third-order valence-corrected chi connectivity index (χ3v) is 2.42. The number of amides is 1. The fourth-order valence-corrected chi connectivity index (χ4v) is 1.52. The van der Waals surface area contributed by atoms with Crippen LogP contribution in [0.3, 0.4) is 0 Å². The molecule has 2 rings (SSSR count).